The number of ketones is 1. The first-order chi connectivity index (χ1) is 6.36. The molecule has 0 amide bonds. The van der Waals surface area contributed by atoms with Crippen molar-refractivity contribution >= 4 is 28.0 Å². The van der Waals surface area contributed by atoms with Gasteiger partial charge in [-0.25, -0.2) is 4.99 Å². The number of hydrogen-bond donors (Lipinski definition) is 1. The molecule has 66 valence electrons. The number of carbonyl (C=O) groups excluding carboxylic acids is 1. The highest BCUT2D eigenvalue weighted by molar-refractivity contribution is 7.14. The Bertz CT molecular complexity index is 408. The Hall–Kier alpha value is -1.16. The maximum absolute atomic E-state index is 11.8. The molecular formula is C9H8N2OS. The van der Waals surface area contributed by atoms with Crippen molar-refractivity contribution in [2.45, 2.75) is 6.42 Å². The summed E-state index contributed by atoms with van der Waals surface area (Å²) in [6, 6.07) is 1.88. The molecule has 0 aliphatic carbocycles. The molecule has 0 saturated carbocycles. The predicted octanol–water partition coefficient (Wildman–Crippen LogP) is 1.58. The number of amidine groups is 1. The van der Waals surface area contributed by atoms with Crippen LogP contribution in [0.4, 0.5) is 5.00 Å². The number of rotatable bonds is 0. The molecule has 1 saturated heterocycles. The maximum atomic E-state index is 11.8. The van der Waals surface area contributed by atoms with Crippen molar-refractivity contribution in [2.24, 2.45) is 10.9 Å². The van der Waals surface area contributed by atoms with E-state index in [1.807, 2.05) is 11.4 Å². The van der Waals surface area contributed by atoms with Crippen molar-refractivity contribution in [3.05, 3.63) is 17.0 Å². The van der Waals surface area contributed by atoms with E-state index < -0.39 is 0 Å². The molecule has 13 heavy (non-hydrogen) atoms. The van der Waals surface area contributed by atoms with Crippen LogP contribution in [0.25, 0.3) is 0 Å². The van der Waals surface area contributed by atoms with Gasteiger partial charge in [-0.2, -0.15) is 0 Å². The van der Waals surface area contributed by atoms with E-state index >= 15 is 0 Å². The average molecular weight is 192 g/mol. The summed E-state index contributed by atoms with van der Waals surface area (Å²) in [7, 11) is 0. The summed E-state index contributed by atoms with van der Waals surface area (Å²) in [6.45, 7) is 0.879. The molecule has 3 heterocycles. The van der Waals surface area contributed by atoms with Crippen LogP contribution < -0.4 is 5.32 Å². The first-order valence-corrected chi connectivity index (χ1v) is 5.18. The molecule has 0 radical (unpaired) electrons. The fourth-order valence-electron chi connectivity index (χ4n) is 1.85. The van der Waals surface area contributed by atoms with Crippen molar-refractivity contribution in [2.75, 3.05) is 6.54 Å². The van der Waals surface area contributed by atoms with Gasteiger partial charge in [0.25, 0.3) is 0 Å². The molecule has 1 unspecified atom stereocenters. The lowest BCUT2D eigenvalue weighted by atomic mass is 9.95. The molecule has 1 atom stereocenters. The minimum atomic E-state index is 0.0158. The summed E-state index contributed by atoms with van der Waals surface area (Å²) in [6.07, 6.45) is 0.896. The zero-order chi connectivity index (χ0) is 8.84. The van der Waals surface area contributed by atoms with E-state index in [2.05, 4.69) is 10.3 Å². The fourth-order valence-corrected chi connectivity index (χ4v) is 2.63. The summed E-state index contributed by atoms with van der Waals surface area (Å²) >= 11 is 1.53. The summed E-state index contributed by atoms with van der Waals surface area (Å²) < 4.78 is 0. The monoisotopic (exact) mass is 192 g/mol. The van der Waals surface area contributed by atoms with Crippen molar-refractivity contribution < 1.29 is 4.79 Å². The molecule has 2 aliphatic heterocycles. The van der Waals surface area contributed by atoms with Crippen LogP contribution in [0.15, 0.2) is 16.4 Å². The van der Waals surface area contributed by atoms with Gasteiger partial charge in [0.05, 0.1) is 11.5 Å². The second kappa shape index (κ2) is 2.42. The van der Waals surface area contributed by atoms with Gasteiger partial charge in [-0.1, -0.05) is 0 Å². The summed E-state index contributed by atoms with van der Waals surface area (Å²) in [5, 5.41) is 5.95. The molecule has 1 N–H and O–H groups in total. The Morgan fingerprint density at radius 3 is 3.46 bits per heavy atom. The number of Topliss-reactive ketones (excluding diaryl/α,β-unsaturated/α-hetero) is 1. The van der Waals surface area contributed by atoms with Gasteiger partial charge in [-0.3, -0.25) is 4.79 Å². The third kappa shape index (κ3) is 0.891. The summed E-state index contributed by atoms with van der Waals surface area (Å²) in [4.78, 5) is 16.3. The lowest BCUT2D eigenvalue weighted by Crippen LogP contribution is -2.27. The molecule has 1 aromatic rings. The van der Waals surface area contributed by atoms with E-state index in [0.29, 0.717) is 0 Å². The molecule has 0 bridgehead atoms. The number of aliphatic imine (C=N–C) groups is 1. The van der Waals surface area contributed by atoms with Crippen molar-refractivity contribution in [1.82, 2.24) is 5.32 Å². The molecule has 0 aromatic carbocycles. The Morgan fingerprint density at radius 1 is 1.62 bits per heavy atom. The van der Waals surface area contributed by atoms with Crippen LogP contribution in [0, 0.1) is 5.92 Å². The third-order valence-corrected chi connectivity index (χ3v) is 3.32. The third-order valence-electron chi connectivity index (χ3n) is 2.52. The molecule has 2 aliphatic rings. The van der Waals surface area contributed by atoms with Gasteiger partial charge in [-0.05, 0) is 17.9 Å². The molecule has 3 nitrogen and oxygen atoms in total. The Kier molecular flexibility index (Phi) is 1.35. The minimum Gasteiger partial charge on any atom is -0.373 e. The van der Waals surface area contributed by atoms with Crippen LogP contribution in [-0.4, -0.2) is 18.2 Å². The van der Waals surface area contributed by atoms with Gasteiger partial charge >= 0.3 is 0 Å². The molecule has 4 heteroatoms. The van der Waals surface area contributed by atoms with E-state index in [4.69, 9.17) is 0 Å². The van der Waals surface area contributed by atoms with Gasteiger partial charge < -0.3 is 5.32 Å². The van der Waals surface area contributed by atoms with Crippen LogP contribution in [0.5, 0.6) is 0 Å². The highest BCUT2D eigenvalue weighted by Gasteiger charge is 2.35. The average Bonchev–Trinajstić information content (AvgIpc) is 2.71. The van der Waals surface area contributed by atoms with Gasteiger partial charge in [0.2, 0.25) is 0 Å². The van der Waals surface area contributed by atoms with Crippen molar-refractivity contribution in [3.63, 3.8) is 0 Å². The number of hydrogen-bond acceptors (Lipinski definition) is 4. The maximum Gasteiger partial charge on any atom is 0.176 e. The van der Waals surface area contributed by atoms with Gasteiger partial charge in [0, 0.05) is 6.54 Å². The van der Waals surface area contributed by atoms with E-state index in [-0.39, 0.29) is 11.7 Å². The highest BCUT2D eigenvalue weighted by atomic mass is 32.1. The summed E-state index contributed by atoms with van der Waals surface area (Å²) in [5.74, 6) is 1.13. The minimum absolute atomic E-state index is 0.0158. The van der Waals surface area contributed by atoms with Crippen LogP contribution >= 0.6 is 11.3 Å². The lowest BCUT2D eigenvalue weighted by molar-refractivity contribution is 0.0954. The normalized spacial score (nSPS) is 24.8. The van der Waals surface area contributed by atoms with Crippen LogP contribution in [0.3, 0.4) is 0 Å². The Balaban J connectivity index is 2.19. The lowest BCUT2D eigenvalue weighted by Gasteiger charge is -2.13. The number of fused-ring (bicyclic) bond motifs is 2. The van der Waals surface area contributed by atoms with Crippen LogP contribution in [0.1, 0.15) is 16.8 Å². The van der Waals surface area contributed by atoms with E-state index in [1.165, 1.54) is 11.3 Å². The predicted molar refractivity (Wildman–Crippen MR) is 51.9 cm³/mol. The van der Waals surface area contributed by atoms with Gasteiger partial charge in [0.15, 0.2) is 5.78 Å². The summed E-state index contributed by atoms with van der Waals surface area (Å²) in [5.41, 5.74) is 0.808. The van der Waals surface area contributed by atoms with E-state index in [9.17, 15) is 4.79 Å². The Labute approximate surface area is 79.5 Å². The molecule has 3 rings (SSSR count). The quantitative estimate of drug-likeness (QED) is 0.678. The van der Waals surface area contributed by atoms with E-state index in [1.54, 1.807) is 0 Å². The van der Waals surface area contributed by atoms with E-state index in [0.717, 1.165) is 29.4 Å². The standard InChI is InChI=1S/C9H8N2OS/c12-7-5-1-3-10-8(5)11-9-6(7)2-4-13-9/h2,4-5H,1,3H2,(H,10,11). The molecule has 0 spiro atoms. The van der Waals surface area contributed by atoms with Crippen LogP contribution in [0.2, 0.25) is 0 Å². The highest BCUT2D eigenvalue weighted by Crippen LogP contribution is 2.35. The first-order valence-electron chi connectivity index (χ1n) is 4.30. The van der Waals surface area contributed by atoms with Crippen LogP contribution in [-0.2, 0) is 0 Å². The topological polar surface area (TPSA) is 41.5 Å². The number of thiophene rings is 1. The zero-order valence-electron chi connectivity index (χ0n) is 6.91. The second-order valence-electron chi connectivity index (χ2n) is 3.27. The molecule has 1 fully saturated rings. The SMILES string of the molecule is O=C1c2ccsc2N=C2NCCC12. The molecule has 1 aromatic heterocycles. The van der Waals surface area contributed by atoms with Gasteiger partial charge in [0.1, 0.15) is 10.8 Å². The molecular weight excluding hydrogens is 184 g/mol. The smallest absolute Gasteiger partial charge is 0.176 e. The van der Waals surface area contributed by atoms with Crippen molar-refractivity contribution in [1.29, 1.82) is 0 Å². The number of nitrogens with one attached hydrogen (secondary N) is 1. The van der Waals surface area contributed by atoms with Gasteiger partial charge in [-0.15, -0.1) is 11.3 Å². The fraction of sp³-hybridized carbons (Fsp3) is 0.333. The number of carbonyl (C=O) groups is 1. The Morgan fingerprint density at radius 2 is 2.54 bits per heavy atom. The largest absolute Gasteiger partial charge is 0.373 e. The zero-order valence-corrected chi connectivity index (χ0v) is 7.73. The second-order valence-corrected chi connectivity index (χ2v) is 4.16. The first kappa shape index (κ1) is 7.26. The van der Waals surface area contributed by atoms with Crippen molar-refractivity contribution in [3.8, 4) is 0 Å². The number of nitrogens with zero attached hydrogens (tertiary/aromatic N) is 1.